The van der Waals surface area contributed by atoms with Crippen molar-refractivity contribution < 1.29 is 14.7 Å². The highest BCUT2D eigenvalue weighted by molar-refractivity contribution is 6.03. The highest BCUT2D eigenvalue weighted by atomic mass is 16.4. The number of aliphatic imine (C=N–C) groups is 1. The summed E-state index contributed by atoms with van der Waals surface area (Å²) >= 11 is 0. The van der Waals surface area contributed by atoms with E-state index < -0.39 is 5.97 Å². The topological polar surface area (TPSA) is 122 Å². The molecule has 7 nitrogen and oxygen atoms in total. The number of para-hydroxylation sites is 1. The molecular formula is C16H16N4O3. The summed E-state index contributed by atoms with van der Waals surface area (Å²) in [5.74, 6) is -1.60. The van der Waals surface area contributed by atoms with Gasteiger partial charge in [0.25, 0.3) is 0 Å². The molecule has 2 aromatic carbocycles. The molecule has 0 fully saturated rings. The zero-order chi connectivity index (χ0) is 17.0. The summed E-state index contributed by atoms with van der Waals surface area (Å²) in [4.78, 5) is 28.6. The number of anilines is 2. The van der Waals surface area contributed by atoms with Crippen molar-refractivity contribution in [1.82, 2.24) is 0 Å². The molecule has 0 atom stereocenters. The van der Waals surface area contributed by atoms with Gasteiger partial charge in [0, 0.05) is 12.6 Å². The fourth-order valence-corrected chi connectivity index (χ4v) is 2.14. The van der Waals surface area contributed by atoms with Crippen molar-refractivity contribution in [2.75, 3.05) is 4.90 Å². The summed E-state index contributed by atoms with van der Waals surface area (Å²) in [7, 11) is 0. The number of nitrogens with two attached hydrogens (primary N) is 2. The number of carbonyl (C=O) groups is 2. The molecule has 0 heterocycles. The second-order valence-electron chi connectivity index (χ2n) is 4.74. The van der Waals surface area contributed by atoms with Crippen LogP contribution in [0.25, 0.3) is 0 Å². The Bertz CT molecular complexity index is 768. The Morgan fingerprint density at radius 1 is 1.09 bits per heavy atom. The van der Waals surface area contributed by atoms with E-state index in [4.69, 9.17) is 16.6 Å². The van der Waals surface area contributed by atoms with Gasteiger partial charge >= 0.3 is 5.97 Å². The summed E-state index contributed by atoms with van der Waals surface area (Å²) in [6.45, 7) is 1.40. The Balaban J connectivity index is 2.66. The van der Waals surface area contributed by atoms with Crippen molar-refractivity contribution in [2.24, 2.45) is 16.5 Å². The molecule has 0 aliphatic rings. The molecule has 1 amide bonds. The summed E-state index contributed by atoms with van der Waals surface area (Å²) in [5.41, 5.74) is 12.1. The van der Waals surface area contributed by atoms with E-state index in [0.717, 1.165) is 0 Å². The van der Waals surface area contributed by atoms with Gasteiger partial charge < -0.3 is 16.6 Å². The second kappa shape index (κ2) is 6.61. The van der Waals surface area contributed by atoms with E-state index in [2.05, 4.69) is 4.99 Å². The molecule has 0 bridgehead atoms. The monoisotopic (exact) mass is 312 g/mol. The lowest BCUT2D eigenvalue weighted by atomic mass is 10.1. The van der Waals surface area contributed by atoms with Crippen molar-refractivity contribution in [2.45, 2.75) is 6.92 Å². The third-order valence-corrected chi connectivity index (χ3v) is 3.04. The molecule has 0 aliphatic heterocycles. The predicted molar refractivity (Wildman–Crippen MR) is 88.1 cm³/mol. The molecule has 2 aromatic rings. The molecule has 23 heavy (non-hydrogen) atoms. The minimum Gasteiger partial charge on any atom is -0.478 e. The number of nitrogens with zero attached hydrogens (tertiary/aromatic N) is 2. The first-order valence-corrected chi connectivity index (χ1v) is 6.73. The normalized spacial score (nSPS) is 9.96. The van der Waals surface area contributed by atoms with Gasteiger partial charge in [-0.15, -0.1) is 0 Å². The largest absolute Gasteiger partial charge is 0.478 e. The fourth-order valence-electron chi connectivity index (χ4n) is 2.14. The Labute approximate surface area is 132 Å². The summed E-state index contributed by atoms with van der Waals surface area (Å²) in [5, 5.41) is 9.11. The first-order chi connectivity index (χ1) is 10.9. The first kappa shape index (κ1) is 16.0. The molecule has 0 spiro atoms. The SMILES string of the molecule is CC(=O)N(c1ccccc1)c1ccc(C(=O)O)cc1N=C(N)N. The van der Waals surface area contributed by atoms with E-state index in [1.54, 1.807) is 24.3 Å². The van der Waals surface area contributed by atoms with Gasteiger partial charge in [-0.2, -0.15) is 0 Å². The lowest BCUT2D eigenvalue weighted by Gasteiger charge is -2.23. The van der Waals surface area contributed by atoms with Crippen LogP contribution in [0.3, 0.4) is 0 Å². The second-order valence-corrected chi connectivity index (χ2v) is 4.74. The van der Waals surface area contributed by atoms with Crippen LogP contribution in [0.15, 0.2) is 53.5 Å². The number of carbonyl (C=O) groups excluding carboxylic acids is 1. The predicted octanol–water partition coefficient (Wildman–Crippen LogP) is 1.97. The van der Waals surface area contributed by atoms with E-state index in [0.29, 0.717) is 11.4 Å². The van der Waals surface area contributed by atoms with Crippen LogP contribution in [-0.4, -0.2) is 22.9 Å². The van der Waals surface area contributed by atoms with Gasteiger partial charge in [-0.1, -0.05) is 18.2 Å². The average Bonchev–Trinajstić information content (AvgIpc) is 2.49. The Kier molecular flexibility index (Phi) is 4.61. The zero-order valence-electron chi connectivity index (χ0n) is 12.4. The standard InChI is InChI=1S/C16H16N4O3/c1-10(21)20(12-5-3-2-4-6-12)14-8-7-11(15(22)23)9-13(14)19-16(17)18/h2-9H,1H3,(H,22,23)(H4,17,18,19). The molecule has 0 saturated carbocycles. The van der Waals surface area contributed by atoms with Crippen molar-refractivity contribution in [3.8, 4) is 0 Å². The third kappa shape index (κ3) is 3.65. The molecule has 0 aromatic heterocycles. The molecule has 0 saturated heterocycles. The van der Waals surface area contributed by atoms with Crippen LogP contribution in [-0.2, 0) is 4.79 Å². The number of hydrogen-bond donors (Lipinski definition) is 3. The van der Waals surface area contributed by atoms with Crippen LogP contribution in [0.1, 0.15) is 17.3 Å². The van der Waals surface area contributed by atoms with Crippen LogP contribution in [0.2, 0.25) is 0 Å². The van der Waals surface area contributed by atoms with Crippen LogP contribution < -0.4 is 16.4 Å². The van der Waals surface area contributed by atoms with Gasteiger partial charge in [0.05, 0.1) is 16.9 Å². The molecule has 5 N–H and O–H groups in total. The minimum atomic E-state index is -1.11. The van der Waals surface area contributed by atoms with E-state index >= 15 is 0 Å². The Hall–Kier alpha value is -3.35. The maximum atomic E-state index is 12.1. The summed E-state index contributed by atoms with van der Waals surface area (Å²) in [6, 6.07) is 13.1. The van der Waals surface area contributed by atoms with E-state index in [1.165, 1.54) is 30.0 Å². The van der Waals surface area contributed by atoms with Gasteiger partial charge in [-0.3, -0.25) is 9.69 Å². The maximum absolute atomic E-state index is 12.1. The minimum absolute atomic E-state index is 0.0188. The van der Waals surface area contributed by atoms with Crippen LogP contribution in [0.5, 0.6) is 0 Å². The van der Waals surface area contributed by atoms with Gasteiger partial charge in [-0.05, 0) is 30.3 Å². The first-order valence-electron chi connectivity index (χ1n) is 6.73. The Morgan fingerprint density at radius 2 is 1.74 bits per heavy atom. The van der Waals surface area contributed by atoms with E-state index in [1.807, 2.05) is 6.07 Å². The van der Waals surface area contributed by atoms with Crippen LogP contribution >= 0.6 is 0 Å². The lowest BCUT2D eigenvalue weighted by Crippen LogP contribution is -2.24. The van der Waals surface area contributed by atoms with Gasteiger partial charge in [0.1, 0.15) is 0 Å². The highest BCUT2D eigenvalue weighted by Crippen LogP contribution is 2.35. The van der Waals surface area contributed by atoms with Gasteiger partial charge in [0.15, 0.2) is 5.96 Å². The number of aromatic carboxylic acids is 1. The lowest BCUT2D eigenvalue weighted by molar-refractivity contribution is -0.115. The number of guanidine groups is 1. The van der Waals surface area contributed by atoms with Crippen molar-refractivity contribution in [3.63, 3.8) is 0 Å². The third-order valence-electron chi connectivity index (χ3n) is 3.04. The molecule has 118 valence electrons. The van der Waals surface area contributed by atoms with Gasteiger partial charge in [-0.25, -0.2) is 9.79 Å². The molecular weight excluding hydrogens is 296 g/mol. The number of carboxylic acid groups (broad SMARTS) is 1. The van der Waals surface area contributed by atoms with Crippen LogP contribution in [0, 0.1) is 0 Å². The van der Waals surface area contributed by atoms with E-state index in [9.17, 15) is 9.59 Å². The van der Waals surface area contributed by atoms with Crippen molar-refractivity contribution >= 4 is 34.9 Å². The highest BCUT2D eigenvalue weighted by Gasteiger charge is 2.19. The van der Waals surface area contributed by atoms with Gasteiger partial charge in [0.2, 0.25) is 5.91 Å². The number of carboxylic acids is 1. The number of benzene rings is 2. The average molecular weight is 312 g/mol. The summed E-state index contributed by atoms with van der Waals surface area (Å²) in [6.07, 6.45) is 0. The molecule has 0 radical (unpaired) electrons. The Morgan fingerprint density at radius 3 is 2.26 bits per heavy atom. The van der Waals surface area contributed by atoms with E-state index in [-0.39, 0.29) is 23.1 Å². The molecule has 2 rings (SSSR count). The number of rotatable bonds is 4. The zero-order valence-corrected chi connectivity index (χ0v) is 12.4. The quantitative estimate of drug-likeness (QED) is 0.588. The summed E-state index contributed by atoms with van der Waals surface area (Å²) < 4.78 is 0. The number of hydrogen-bond acceptors (Lipinski definition) is 3. The fraction of sp³-hybridized carbons (Fsp3) is 0.0625. The van der Waals surface area contributed by atoms with Crippen LogP contribution in [0.4, 0.5) is 17.1 Å². The smallest absolute Gasteiger partial charge is 0.335 e. The molecule has 7 heteroatoms. The number of amides is 1. The molecule has 0 aliphatic carbocycles. The maximum Gasteiger partial charge on any atom is 0.335 e. The molecule has 0 unspecified atom stereocenters. The van der Waals surface area contributed by atoms with Crippen molar-refractivity contribution in [1.29, 1.82) is 0 Å². The van der Waals surface area contributed by atoms with Crippen molar-refractivity contribution in [3.05, 3.63) is 54.1 Å².